The summed E-state index contributed by atoms with van der Waals surface area (Å²) in [5.41, 5.74) is 0. The van der Waals surface area contributed by atoms with Crippen molar-refractivity contribution in [2.45, 2.75) is 271 Å². The lowest BCUT2D eigenvalue weighted by atomic mass is 10.0. The number of hydrogen-bond acceptors (Lipinski definition) is 6. The van der Waals surface area contributed by atoms with Crippen molar-refractivity contribution in [3.63, 3.8) is 0 Å². The predicted octanol–water partition coefficient (Wildman–Crippen LogP) is 20.4. The molecule has 0 aliphatic heterocycles. The first-order chi connectivity index (χ1) is 36.0. The highest BCUT2D eigenvalue weighted by atomic mass is 16.6. The fraction of sp³-hybridized carbons (Fsp3) is 0.657. The van der Waals surface area contributed by atoms with Gasteiger partial charge in [-0.25, -0.2) is 0 Å². The third kappa shape index (κ3) is 58.6. The van der Waals surface area contributed by atoms with Crippen molar-refractivity contribution in [2.24, 2.45) is 0 Å². The Morgan fingerprint density at radius 3 is 0.890 bits per heavy atom. The third-order valence-corrected chi connectivity index (χ3v) is 12.4. The van der Waals surface area contributed by atoms with Gasteiger partial charge in [0.25, 0.3) is 0 Å². The maximum absolute atomic E-state index is 12.8. The minimum Gasteiger partial charge on any atom is -0.462 e. The van der Waals surface area contributed by atoms with Gasteiger partial charge in [0, 0.05) is 19.3 Å². The van der Waals surface area contributed by atoms with Gasteiger partial charge >= 0.3 is 17.9 Å². The number of allylic oxidation sites excluding steroid dienone is 20. The maximum Gasteiger partial charge on any atom is 0.306 e. The van der Waals surface area contributed by atoms with Crippen LogP contribution < -0.4 is 0 Å². The molecule has 73 heavy (non-hydrogen) atoms. The normalized spacial score (nSPS) is 13.0. The Balaban J connectivity index is 4.31. The van der Waals surface area contributed by atoms with E-state index in [-0.39, 0.29) is 37.5 Å². The van der Waals surface area contributed by atoms with Crippen LogP contribution in [-0.4, -0.2) is 37.2 Å². The molecular formula is C67H110O6. The summed E-state index contributed by atoms with van der Waals surface area (Å²) in [5, 5.41) is 0. The van der Waals surface area contributed by atoms with E-state index in [1.165, 1.54) is 103 Å². The van der Waals surface area contributed by atoms with Crippen LogP contribution in [0.4, 0.5) is 0 Å². The minimum atomic E-state index is -0.813. The van der Waals surface area contributed by atoms with Crippen LogP contribution in [0.5, 0.6) is 0 Å². The summed E-state index contributed by atoms with van der Waals surface area (Å²) in [6, 6.07) is 0. The third-order valence-electron chi connectivity index (χ3n) is 12.4. The van der Waals surface area contributed by atoms with Crippen molar-refractivity contribution in [1.82, 2.24) is 0 Å². The summed E-state index contributed by atoms with van der Waals surface area (Å²) in [7, 11) is 0. The van der Waals surface area contributed by atoms with Gasteiger partial charge in [-0.2, -0.15) is 0 Å². The SMILES string of the molecule is CC/C=C\C/C=C\C/C=C\C/C=C\C/C=C\CCCC(=O)OC(COC(=O)CCCCCCC/C=C\CCCC)COC(=O)CCCCCCCCCCCCCCCC/C=C\C/C=C\C/C=C\C/C=C\CC. The van der Waals surface area contributed by atoms with Crippen LogP contribution in [0.15, 0.2) is 122 Å². The molecule has 0 radical (unpaired) electrons. The second kappa shape index (κ2) is 60.4. The smallest absolute Gasteiger partial charge is 0.306 e. The number of rotatable bonds is 53. The number of esters is 3. The van der Waals surface area contributed by atoms with Crippen LogP contribution in [0.3, 0.4) is 0 Å². The number of carbonyl (C=O) groups excluding carboxylic acids is 3. The zero-order valence-corrected chi connectivity index (χ0v) is 47.4. The molecule has 1 unspecified atom stereocenters. The highest BCUT2D eigenvalue weighted by molar-refractivity contribution is 5.71. The molecule has 0 bridgehead atoms. The molecule has 0 saturated heterocycles. The molecule has 0 N–H and O–H groups in total. The van der Waals surface area contributed by atoms with Crippen molar-refractivity contribution >= 4 is 17.9 Å². The van der Waals surface area contributed by atoms with E-state index < -0.39 is 6.10 Å². The Labute approximate surface area is 450 Å². The first kappa shape index (κ1) is 68.8. The van der Waals surface area contributed by atoms with Gasteiger partial charge in [0.05, 0.1) is 0 Å². The van der Waals surface area contributed by atoms with Crippen molar-refractivity contribution in [1.29, 1.82) is 0 Å². The van der Waals surface area contributed by atoms with Crippen LogP contribution in [0.2, 0.25) is 0 Å². The van der Waals surface area contributed by atoms with Crippen LogP contribution in [-0.2, 0) is 28.6 Å². The van der Waals surface area contributed by atoms with Crippen LogP contribution >= 0.6 is 0 Å². The molecular weight excluding hydrogens is 901 g/mol. The largest absolute Gasteiger partial charge is 0.462 e. The summed E-state index contributed by atoms with van der Waals surface area (Å²) < 4.78 is 16.8. The average molecular weight is 1010 g/mol. The van der Waals surface area contributed by atoms with Crippen LogP contribution in [0.25, 0.3) is 0 Å². The van der Waals surface area contributed by atoms with E-state index in [0.29, 0.717) is 19.3 Å². The first-order valence-electron chi connectivity index (χ1n) is 30.0. The van der Waals surface area contributed by atoms with Crippen molar-refractivity contribution in [3.8, 4) is 0 Å². The van der Waals surface area contributed by atoms with Crippen molar-refractivity contribution in [3.05, 3.63) is 122 Å². The van der Waals surface area contributed by atoms with Gasteiger partial charge in [-0.1, -0.05) is 251 Å². The highest BCUT2D eigenvalue weighted by Crippen LogP contribution is 2.15. The van der Waals surface area contributed by atoms with E-state index in [9.17, 15) is 14.4 Å². The molecule has 0 aromatic carbocycles. The van der Waals surface area contributed by atoms with Gasteiger partial charge in [0.15, 0.2) is 6.10 Å². The maximum atomic E-state index is 12.8. The van der Waals surface area contributed by atoms with Gasteiger partial charge in [0.2, 0.25) is 0 Å². The summed E-state index contributed by atoms with van der Waals surface area (Å²) in [4.78, 5) is 38.1. The molecule has 0 aliphatic carbocycles. The quantitative estimate of drug-likeness (QED) is 0.0261. The Morgan fingerprint density at radius 2 is 0.548 bits per heavy atom. The molecule has 414 valence electrons. The minimum absolute atomic E-state index is 0.105. The summed E-state index contributed by atoms with van der Waals surface area (Å²) >= 11 is 0. The van der Waals surface area contributed by atoms with E-state index in [4.69, 9.17) is 14.2 Å². The topological polar surface area (TPSA) is 78.9 Å². The molecule has 0 heterocycles. The van der Waals surface area contributed by atoms with E-state index in [0.717, 1.165) is 116 Å². The summed E-state index contributed by atoms with van der Waals surface area (Å²) in [6.07, 6.45) is 83.6. The van der Waals surface area contributed by atoms with E-state index >= 15 is 0 Å². The van der Waals surface area contributed by atoms with Gasteiger partial charge in [0.1, 0.15) is 13.2 Å². The Hall–Kier alpha value is -4.19. The highest BCUT2D eigenvalue weighted by Gasteiger charge is 2.19. The number of unbranched alkanes of at least 4 members (excludes halogenated alkanes) is 22. The van der Waals surface area contributed by atoms with E-state index in [1.54, 1.807) is 0 Å². The monoisotopic (exact) mass is 1010 g/mol. The van der Waals surface area contributed by atoms with E-state index in [2.05, 4.69) is 142 Å². The fourth-order valence-electron chi connectivity index (χ4n) is 7.98. The van der Waals surface area contributed by atoms with Gasteiger partial charge in [-0.05, 0) is 116 Å². The molecule has 0 rings (SSSR count). The molecule has 6 heteroatoms. The molecule has 0 aliphatic rings. The predicted molar refractivity (Wildman–Crippen MR) is 316 cm³/mol. The molecule has 0 fully saturated rings. The zero-order chi connectivity index (χ0) is 52.9. The van der Waals surface area contributed by atoms with Crippen molar-refractivity contribution < 1.29 is 28.6 Å². The Morgan fingerprint density at radius 1 is 0.288 bits per heavy atom. The van der Waals surface area contributed by atoms with Crippen LogP contribution in [0.1, 0.15) is 265 Å². The molecule has 0 saturated carbocycles. The summed E-state index contributed by atoms with van der Waals surface area (Å²) in [5.74, 6) is -0.974. The molecule has 1 atom stereocenters. The lowest BCUT2D eigenvalue weighted by molar-refractivity contribution is -0.167. The Kier molecular flexibility index (Phi) is 56.9. The molecule has 0 amide bonds. The molecule has 0 aromatic heterocycles. The van der Waals surface area contributed by atoms with E-state index in [1.807, 2.05) is 0 Å². The standard InChI is InChI=1S/C67H110O6/c1-4-7-10-13-16-19-22-24-26-28-29-30-31-32-33-34-35-36-37-39-40-42-45-48-51-54-57-60-66(69)72-63-64(62-71-65(68)59-56-53-50-47-44-21-18-15-12-9-6-3)73-67(70)61-58-55-52-49-46-43-41-38-27-25-23-20-17-14-11-8-5-2/h7-8,10-11,15-20,24-27,29-30,41,43,49,52,64H,4-6,9,12-14,21-23,28,31-40,42,44-48,50-51,53-63H2,1-3H3/b10-7-,11-8-,18-15-,19-16-,20-17-,26-24-,27-25-,30-29-,43-41-,52-49-. The summed E-state index contributed by atoms with van der Waals surface area (Å²) in [6.45, 7) is 6.32. The lowest BCUT2D eigenvalue weighted by Gasteiger charge is -2.18. The zero-order valence-electron chi connectivity index (χ0n) is 47.4. The first-order valence-corrected chi connectivity index (χ1v) is 30.0. The van der Waals surface area contributed by atoms with Gasteiger partial charge in [-0.3, -0.25) is 14.4 Å². The average Bonchev–Trinajstić information content (AvgIpc) is 3.39. The number of hydrogen-bond donors (Lipinski definition) is 0. The number of carbonyl (C=O) groups is 3. The van der Waals surface area contributed by atoms with Gasteiger partial charge in [-0.15, -0.1) is 0 Å². The molecule has 0 spiro atoms. The second-order valence-corrected chi connectivity index (χ2v) is 19.5. The molecule has 0 aromatic rings. The number of ether oxygens (including phenoxy) is 3. The fourth-order valence-corrected chi connectivity index (χ4v) is 7.98. The van der Waals surface area contributed by atoms with Gasteiger partial charge < -0.3 is 14.2 Å². The lowest BCUT2D eigenvalue weighted by Crippen LogP contribution is -2.30. The van der Waals surface area contributed by atoms with Crippen LogP contribution in [0, 0.1) is 0 Å². The Bertz CT molecular complexity index is 1540. The second-order valence-electron chi connectivity index (χ2n) is 19.5. The van der Waals surface area contributed by atoms with Crippen molar-refractivity contribution in [2.75, 3.05) is 13.2 Å². The molecule has 6 nitrogen and oxygen atoms in total.